The van der Waals surface area contributed by atoms with Gasteiger partial charge in [-0.05, 0) is 39.7 Å². The average molecular weight is 379 g/mol. The first-order chi connectivity index (χ1) is 12.8. The highest BCUT2D eigenvalue weighted by molar-refractivity contribution is 6.10. The largest absolute Gasteiger partial charge is 0.505 e. The van der Waals surface area contributed by atoms with Crippen LogP contribution in [-0.4, -0.2) is 74.2 Å². The number of aldehydes is 1. The number of phenolic OH excluding ortho intramolecular Hbond substituents is 1. The van der Waals surface area contributed by atoms with Crippen molar-refractivity contribution in [3.05, 3.63) is 35.2 Å². The molecule has 0 heterocycles. The van der Waals surface area contributed by atoms with E-state index in [9.17, 15) is 19.8 Å². The molecule has 0 saturated carbocycles. The normalized spacial score (nSPS) is 17.0. The lowest BCUT2D eigenvalue weighted by Crippen LogP contribution is -2.49. The fourth-order valence-corrected chi connectivity index (χ4v) is 2.31. The summed E-state index contributed by atoms with van der Waals surface area (Å²) in [4.78, 5) is 24.7. The van der Waals surface area contributed by atoms with Gasteiger partial charge < -0.3 is 30.5 Å². The molecule has 8 nitrogen and oxygen atoms in total. The zero-order valence-electron chi connectivity index (χ0n) is 16.4. The number of para-hydroxylation sites is 1. The Labute approximate surface area is 159 Å². The van der Waals surface area contributed by atoms with Gasteiger partial charge in [-0.1, -0.05) is 13.0 Å². The van der Waals surface area contributed by atoms with Crippen molar-refractivity contribution >= 4 is 17.8 Å². The Balaban J connectivity index is 0.000000828. The summed E-state index contributed by atoms with van der Waals surface area (Å²) in [6.45, 7) is 2.39. The smallest absolute Gasteiger partial charge is 0.215 e. The first-order valence-corrected chi connectivity index (χ1v) is 8.63. The average Bonchev–Trinajstić information content (AvgIpc) is 2.63. The molecule has 1 aliphatic rings. The Morgan fingerprint density at radius 3 is 2.48 bits per heavy atom. The Bertz CT molecular complexity index is 685. The van der Waals surface area contributed by atoms with E-state index in [0.29, 0.717) is 18.6 Å². The van der Waals surface area contributed by atoms with Crippen molar-refractivity contribution in [1.82, 2.24) is 10.2 Å². The van der Waals surface area contributed by atoms with Gasteiger partial charge in [0.15, 0.2) is 12.4 Å². The van der Waals surface area contributed by atoms with Gasteiger partial charge in [0.05, 0.1) is 23.6 Å². The molecule has 27 heavy (non-hydrogen) atoms. The number of carbonyl (C=O) groups excluding carboxylic acids is 2. The predicted molar refractivity (Wildman–Crippen MR) is 104 cm³/mol. The molecule has 0 spiro atoms. The number of aliphatic hydroxyl groups excluding tert-OH is 1. The quantitative estimate of drug-likeness (QED) is 0.391. The number of phenols is 1. The Morgan fingerprint density at radius 1 is 1.33 bits per heavy atom. The summed E-state index contributed by atoms with van der Waals surface area (Å²) >= 11 is 0. The molecule has 150 valence electrons. The third-order valence-corrected chi connectivity index (χ3v) is 3.71. The molecular formula is C19H29N3O5. The minimum absolute atomic E-state index is 0.0514. The number of aromatic hydroxyl groups is 1. The van der Waals surface area contributed by atoms with E-state index in [1.165, 1.54) is 12.1 Å². The molecule has 0 fully saturated rings. The molecule has 0 aromatic heterocycles. The van der Waals surface area contributed by atoms with Gasteiger partial charge in [0, 0.05) is 13.2 Å². The number of carbonyl (C=O) groups is 2. The SMILES string of the molecule is CC[C@@H](COC)NC1=C(Nc2cccc(C=O)c2O)C(=O)C1O.CN(C)C. The fourth-order valence-electron chi connectivity index (χ4n) is 2.31. The highest BCUT2D eigenvalue weighted by Crippen LogP contribution is 2.31. The van der Waals surface area contributed by atoms with E-state index in [-0.39, 0.29) is 28.7 Å². The molecule has 0 radical (unpaired) electrons. The summed E-state index contributed by atoms with van der Waals surface area (Å²) in [5, 5.41) is 25.7. The van der Waals surface area contributed by atoms with Gasteiger partial charge in [0.2, 0.25) is 5.78 Å². The lowest BCUT2D eigenvalue weighted by molar-refractivity contribution is -0.124. The fraction of sp³-hybridized carbons (Fsp3) is 0.474. The number of ketones is 1. The number of anilines is 1. The number of hydrogen-bond donors (Lipinski definition) is 4. The van der Waals surface area contributed by atoms with Crippen LogP contribution in [0, 0.1) is 0 Å². The van der Waals surface area contributed by atoms with Crippen LogP contribution in [0.3, 0.4) is 0 Å². The molecule has 1 aliphatic carbocycles. The summed E-state index contributed by atoms with van der Waals surface area (Å²) < 4.78 is 5.08. The lowest BCUT2D eigenvalue weighted by atomic mass is 9.93. The van der Waals surface area contributed by atoms with Crippen LogP contribution in [0.4, 0.5) is 5.69 Å². The van der Waals surface area contributed by atoms with E-state index >= 15 is 0 Å². The summed E-state index contributed by atoms with van der Waals surface area (Å²) in [6.07, 6.45) is 0.0500. The first-order valence-electron chi connectivity index (χ1n) is 8.63. The number of ether oxygens (including phenoxy) is 1. The molecule has 0 bridgehead atoms. The second-order valence-corrected chi connectivity index (χ2v) is 6.59. The van der Waals surface area contributed by atoms with Crippen LogP contribution < -0.4 is 10.6 Å². The van der Waals surface area contributed by atoms with Crippen molar-refractivity contribution in [1.29, 1.82) is 0 Å². The van der Waals surface area contributed by atoms with Crippen molar-refractivity contribution in [3.63, 3.8) is 0 Å². The predicted octanol–water partition coefficient (Wildman–Crippen LogP) is 0.964. The molecule has 0 saturated heterocycles. The minimum atomic E-state index is -1.22. The van der Waals surface area contributed by atoms with Crippen molar-refractivity contribution in [2.24, 2.45) is 0 Å². The third-order valence-electron chi connectivity index (χ3n) is 3.71. The minimum Gasteiger partial charge on any atom is -0.505 e. The first kappa shape index (κ1) is 22.6. The number of rotatable bonds is 8. The van der Waals surface area contributed by atoms with E-state index in [1.54, 1.807) is 13.2 Å². The highest BCUT2D eigenvalue weighted by atomic mass is 16.5. The zero-order chi connectivity index (χ0) is 20.6. The van der Waals surface area contributed by atoms with Crippen molar-refractivity contribution in [2.75, 3.05) is 40.2 Å². The van der Waals surface area contributed by atoms with Gasteiger partial charge in [0.1, 0.15) is 11.4 Å². The molecule has 1 aromatic carbocycles. The monoisotopic (exact) mass is 379 g/mol. The highest BCUT2D eigenvalue weighted by Gasteiger charge is 2.39. The number of nitrogens with one attached hydrogen (secondary N) is 2. The van der Waals surface area contributed by atoms with E-state index in [1.807, 2.05) is 33.0 Å². The number of hydrogen-bond acceptors (Lipinski definition) is 8. The Kier molecular flexibility index (Phi) is 8.93. The molecule has 1 aromatic rings. The molecule has 2 atom stereocenters. The second-order valence-electron chi connectivity index (χ2n) is 6.59. The summed E-state index contributed by atoms with van der Waals surface area (Å²) in [7, 11) is 7.57. The number of Topliss-reactive ketones (excluding diaryl/α,β-unsaturated/α-hetero) is 1. The maximum absolute atomic E-state index is 11.9. The number of benzene rings is 1. The summed E-state index contributed by atoms with van der Waals surface area (Å²) in [5.41, 5.74) is 0.868. The molecule has 1 unspecified atom stereocenters. The van der Waals surface area contributed by atoms with Crippen molar-refractivity contribution in [3.8, 4) is 5.75 Å². The van der Waals surface area contributed by atoms with Gasteiger partial charge in [-0.3, -0.25) is 9.59 Å². The molecular weight excluding hydrogens is 350 g/mol. The van der Waals surface area contributed by atoms with Crippen LogP contribution in [0.25, 0.3) is 0 Å². The topological polar surface area (TPSA) is 111 Å². The molecule has 4 N–H and O–H groups in total. The lowest BCUT2D eigenvalue weighted by Gasteiger charge is -2.32. The van der Waals surface area contributed by atoms with Gasteiger partial charge in [-0.2, -0.15) is 0 Å². The van der Waals surface area contributed by atoms with Crippen molar-refractivity contribution in [2.45, 2.75) is 25.5 Å². The van der Waals surface area contributed by atoms with E-state index in [0.717, 1.165) is 6.42 Å². The second kappa shape index (κ2) is 10.7. The maximum Gasteiger partial charge on any atom is 0.215 e. The van der Waals surface area contributed by atoms with E-state index < -0.39 is 11.9 Å². The summed E-state index contributed by atoms with van der Waals surface area (Å²) in [6, 6.07) is 4.53. The number of methoxy groups -OCH3 is 1. The summed E-state index contributed by atoms with van der Waals surface area (Å²) in [5.74, 6) is -0.719. The Morgan fingerprint density at radius 2 is 1.96 bits per heavy atom. The number of nitrogens with zero attached hydrogens (tertiary/aromatic N) is 1. The van der Waals surface area contributed by atoms with Crippen LogP contribution >= 0.6 is 0 Å². The number of aliphatic hydroxyl groups is 1. The van der Waals surface area contributed by atoms with Crippen LogP contribution in [0.1, 0.15) is 23.7 Å². The van der Waals surface area contributed by atoms with E-state index in [4.69, 9.17) is 4.74 Å². The van der Waals surface area contributed by atoms with Gasteiger partial charge in [-0.15, -0.1) is 0 Å². The van der Waals surface area contributed by atoms with Crippen molar-refractivity contribution < 1.29 is 24.5 Å². The van der Waals surface area contributed by atoms with Crippen LogP contribution in [0.15, 0.2) is 29.6 Å². The standard InChI is InChI=1S/C16H20N2O5.C3H9N/c1-3-10(8-23-2)17-12-13(16(22)15(12)21)18-11-6-4-5-9(7-19)14(11)20;1-4(2)3/h4-7,10,15,17-18,20-21H,3,8H2,1-2H3;1-3H3/t10-,15?;/m0./s1. The third kappa shape index (κ3) is 6.06. The van der Waals surface area contributed by atoms with Gasteiger partial charge in [0.25, 0.3) is 0 Å². The van der Waals surface area contributed by atoms with Gasteiger partial charge in [-0.25, -0.2) is 0 Å². The molecule has 0 aliphatic heterocycles. The van der Waals surface area contributed by atoms with Crippen LogP contribution in [-0.2, 0) is 9.53 Å². The Hall–Kier alpha value is -2.42. The van der Waals surface area contributed by atoms with Crippen LogP contribution in [0.2, 0.25) is 0 Å². The molecule has 2 rings (SSSR count). The van der Waals surface area contributed by atoms with Crippen LogP contribution in [0.5, 0.6) is 5.75 Å². The van der Waals surface area contributed by atoms with E-state index in [2.05, 4.69) is 10.6 Å². The zero-order valence-corrected chi connectivity index (χ0v) is 16.4. The van der Waals surface area contributed by atoms with Gasteiger partial charge >= 0.3 is 0 Å². The molecule has 0 amide bonds. The maximum atomic E-state index is 11.9. The molecule has 8 heteroatoms.